The van der Waals surface area contributed by atoms with Crippen molar-refractivity contribution in [2.45, 2.75) is 18.8 Å². The second-order valence-electron chi connectivity index (χ2n) is 5.63. The molecule has 1 aliphatic rings. The normalized spacial score (nSPS) is 19.9. The van der Waals surface area contributed by atoms with Crippen LogP contribution < -0.4 is 0 Å². The van der Waals surface area contributed by atoms with E-state index in [4.69, 9.17) is 4.74 Å². The predicted molar refractivity (Wildman–Crippen MR) is 78.6 cm³/mol. The van der Waals surface area contributed by atoms with E-state index in [-0.39, 0.29) is 5.56 Å². The molecule has 1 unspecified atom stereocenters. The number of benzene rings is 1. The first-order chi connectivity index (χ1) is 10.9. The van der Waals surface area contributed by atoms with E-state index in [9.17, 15) is 13.2 Å². The second kappa shape index (κ2) is 6.33. The van der Waals surface area contributed by atoms with Crippen LogP contribution in [0, 0.1) is 0 Å². The largest absolute Gasteiger partial charge is 0.416 e. The minimum absolute atomic E-state index is 0.199. The highest BCUT2D eigenvalue weighted by Crippen LogP contribution is 2.36. The van der Waals surface area contributed by atoms with Crippen molar-refractivity contribution in [3.63, 3.8) is 0 Å². The highest BCUT2D eigenvalue weighted by Gasteiger charge is 2.36. The van der Waals surface area contributed by atoms with Gasteiger partial charge in [0.1, 0.15) is 5.82 Å². The maximum Gasteiger partial charge on any atom is 0.416 e. The summed E-state index contributed by atoms with van der Waals surface area (Å²) in [5.41, 5.74) is -0.423. The van der Waals surface area contributed by atoms with Gasteiger partial charge in [0.15, 0.2) is 0 Å². The molecule has 0 amide bonds. The first kappa shape index (κ1) is 16.0. The Kier molecular flexibility index (Phi) is 4.41. The summed E-state index contributed by atoms with van der Waals surface area (Å²) in [4.78, 5) is 6.34. The standard InChI is InChI=1S/C16H18F3N3O/c1-21-7-6-20-15(21)11-22-8-9-23-14(10-22)12-4-2-3-5-13(12)16(17,18)19/h2-7,14H,8-11H2,1H3. The lowest BCUT2D eigenvalue weighted by atomic mass is 10.0. The molecule has 23 heavy (non-hydrogen) atoms. The van der Waals surface area contributed by atoms with E-state index in [2.05, 4.69) is 9.88 Å². The van der Waals surface area contributed by atoms with E-state index in [0.29, 0.717) is 26.2 Å². The second-order valence-corrected chi connectivity index (χ2v) is 5.63. The molecule has 0 N–H and O–H groups in total. The fraction of sp³-hybridized carbons (Fsp3) is 0.438. The zero-order valence-electron chi connectivity index (χ0n) is 12.8. The van der Waals surface area contributed by atoms with Gasteiger partial charge in [-0.3, -0.25) is 4.90 Å². The molecule has 1 atom stereocenters. The number of aromatic nitrogens is 2. The highest BCUT2D eigenvalue weighted by atomic mass is 19.4. The number of morpholine rings is 1. The minimum atomic E-state index is -4.37. The third-order valence-corrected chi connectivity index (χ3v) is 4.05. The Morgan fingerprint density at radius 3 is 2.78 bits per heavy atom. The van der Waals surface area contributed by atoms with Gasteiger partial charge in [0.2, 0.25) is 0 Å². The quantitative estimate of drug-likeness (QED) is 0.869. The molecule has 1 aromatic heterocycles. The van der Waals surface area contributed by atoms with Crippen molar-refractivity contribution in [1.29, 1.82) is 0 Å². The Bertz CT molecular complexity index is 669. The molecule has 0 aliphatic carbocycles. The molecule has 1 saturated heterocycles. The van der Waals surface area contributed by atoms with Gasteiger partial charge in [-0.1, -0.05) is 18.2 Å². The van der Waals surface area contributed by atoms with Crippen molar-refractivity contribution in [1.82, 2.24) is 14.5 Å². The first-order valence-corrected chi connectivity index (χ1v) is 7.41. The van der Waals surface area contributed by atoms with Crippen LogP contribution in [0.2, 0.25) is 0 Å². The highest BCUT2D eigenvalue weighted by molar-refractivity contribution is 5.32. The Morgan fingerprint density at radius 1 is 1.30 bits per heavy atom. The third kappa shape index (κ3) is 3.56. The lowest BCUT2D eigenvalue weighted by molar-refractivity contribution is -0.140. The van der Waals surface area contributed by atoms with Gasteiger partial charge in [0, 0.05) is 32.5 Å². The first-order valence-electron chi connectivity index (χ1n) is 7.41. The van der Waals surface area contributed by atoms with Crippen LogP contribution in [-0.4, -0.2) is 34.1 Å². The number of hydrogen-bond donors (Lipinski definition) is 0. The average Bonchev–Trinajstić information content (AvgIpc) is 2.92. The number of rotatable bonds is 3. The number of halogens is 3. The Hall–Kier alpha value is -1.86. The molecule has 1 aliphatic heterocycles. The molecule has 124 valence electrons. The van der Waals surface area contributed by atoms with Crippen LogP contribution in [-0.2, 0) is 24.5 Å². The molecule has 1 fully saturated rings. The van der Waals surface area contributed by atoms with E-state index in [1.54, 1.807) is 12.3 Å². The fourth-order valence-corrected chi connectivity index (χ4v) is 2.82. The molecule has 0 saturated carbocycles. The van der Waals surface area contributed by atoms with Crippen LogP contribution >= 0.6 is 0 Å². The van der Waals surface area contributed by atoms with Gasteiger partial charge >= 0.3 is 6.18 Å². The summed E-state index contributed by atoms with van der Waals surface area (Å²) in [7, 11) is 1.90. The zero-order valence-corrected chi connectivity index (χ0v) is 12.8. The van der Waals surface area contributed by atoms with Crippen LogP contribution in [0.5, 0.6) is 0 Å². The van der Waals surface area contributed by atoms with Crippen LogP contribution in [0.15, 0.2) is 36.7 Å². The Labute approximate surface area is 132 Å². The summed E-state index contributed by atoms with van der Waals surface area (Å²) in [6.07, 6.45) is -1.39. The third-order valence-electron chi connectivity index (χ3n) is 4.05. The lowest BCUT2D eigenvalue weighted by Crippen LogP contribution is -2.39. The van der Waals surface area contributed by atoms with Crippen molar-refractivity contribution in [3.8, 4) is 0 Å². The summed E-state index contributed by atoms with van der Waals surface area (Å²) in [6.45, 7) is 2.09. The van der Waals surface area contributed by atoms with E-state index in [1.807, 2.05) is 17.8 Å². The van der Waals surface area contributed by atoms with Crippen molar-refractivity contribution in [2.75, 3.05) is 19.7 Å². The zero-order chi connectivity index (χ0) is 16.4. The SMILES string of the molecule is Cn1ccnc1CN1CCOC(c2ccccc2C(F)(F)F)C1. The van der Waals surface area contributed by atoms with Crippen molar-refractivity contribution < 1.29 is 17.9 Å². The van der Waals surface area contributed by atoms with Gasteiger partial charge < -0.3 is 9.30 Å². The monoisotopic (exact) mass is 325 g/mol. The number of nitrogens with zero attached hydrogens (tertiary/aromatic N) is 3. The number of alkyl halides is 3. The molecular weight excluding hydrogens is 307 g/mol. The number of ether oxygens (including phenoxy) is 1. The molecule has 1 aromatic carbocycles. The maximum atomic E-state index is 13.2. The summed E-state index contributed by atoms with van der Waals surface area (Å²) in [5.74, 6) is 0.884. The average molecular weight is 325 g/mol. The molecule has 0 spiro atoms. The van der Waals surface area contributed by atoms with Crippen LogP contribution in [0.4, 0.5) is 13.2 Å². The number of imidazole rings is 1. The lowest BCUT2D eigenvalue weighted by Gasteiger charge is -2.33. The van der Waals surface area contributed by atoms with E-state index in [1.165, 1.54) is 12.1 Å². The van der Waals surface area contributed by atoms with Gasteiger partial charge in [0.05, 0.1) is 24.8 Å². The fourth-order valence-electron chi connectivity index (χ4n) is 2.82. The van der Waals surface area contributed by atoms with Crippen molar-refractivity contribution in [3.05, 3.63) is 53.6 Å². The summed E-state index contributed by atoms with van der Waals surface area (Å²) in [5, 5.41) is 0. The van der Waals surface area contributed by atoms with Crippen LogP contribution in [0.3, 0.4) is 0 Å². The van der Waals surface area contributed by atoms with Crippen molar-refractivity contribution in [2.24, 2.45) is 7.05 Å². The molecule has 2 heterocycles. The molecule has 0 radical (unpaired) electrons. The molecule has 7 heteroatoms. The van der Waals surface area contributed by atoms with Crippen molar-refractivity contribution >= 4 is 0 Å². The van der Waals surface area contributed by atoms with Crippen LogP contribution in [0.1, 0.15) is 23.1 Å². The maximum absolute atomic E-state index is 13.2. The van der Waals surface area contributed by atoms with E-state index in [0.717, 1.165) is 11.9 Å². The number of hydrogen-bond acceptors (Lipinski definition) is 3. The van der Waals surface area contributed by atoms with E-state index >= 15 is 0 Å². The number of aryl methyl sites for hydroxylation is 1. The summed E-state index contributed by atoms with van der Waals surface area (Å²) in [6, 6.07) is 5.63. The topological polar surface area (TPSA) is 30.3 Å². The molecular formula is C16H18F3N3O. The summed E-state index contributed by atoms with van der Waals surface area (Å²) >= 11 is 0. The van der Waals surface area contributed by atoms with Gasteiger partial charge in [0.25, 0.3) is 0 Å². The smallest absolute Gasteiger partial charge is 0.371 e. The molecule has 4 nitrogen and oxygen atoms in total. The van der Waals surface area contributed by atoms with E-state index < -0.39 is 17.8 Å². The predicted octanol–water partition coefficient (Wildman–Crippen LogP) is 3.01. The van der Waals surface area contributed by atoms with Crippen LogP contribution in [0.25, 0.3) is 0 Å². The molecule has 3 rings (SSSR count). The minimum Gasteiger partial charge on any atom is -0.371 e. The summed E-state index contributed by atoms with van der Waals surface area (Å²) < 4.78 is 47.0. The Morgan fingerprint density at radius 2 is 2.09 bits per heavy atom. The molecule has 0 bridgehead atoms. The Balaban J connectivity index is 1.78. The van der Waals surface area contributed by atoms with Gasteiger partial charge in [-0.25, -0.2) is 4.98 Å². The van der Waals surface area contributed by atoms with Gasteiger partial charge in [-0.2, -0.15) is 13.2 Å². The van der Waals surface area contributed by atoms with Gasteiger partial charge in [-0.15, -0.1) is 0 Å². The van der Waals surface area contributed by atoms with Gasteiger partial charge in [-0.05, 0) is 11.6 Å². The molecule has 2 aromatic rings.